The van der Waals surface area contributed by atoms with Gasteiger partial charge < -0.3 is 10.0 Å². The smallest absolute Gasteiger partial charge is 0.354 e. The predicted molar refractivity (Wildman–Crippen MR) is 71.4 cm³/mol. The van der Waals surface area contributed by atoms with Crippen molar-refractivity contribution in [2.24, 2.45) is 7.05 Å². The number of aryl methyl sites for hydroxylation is 1. The van der Waals surface area contributed by atoms with Gasteiger partial charge in [0.25, 0.3) is 0 Å². The lowest BCUT2D eigenvalue weighted by Gasteiger charge is -2.22. The van der Waals surface area contributed by atoms with Crippen LogP contribution in [0.15, 0.2) is 24.5 Å². The monoisotopic (exact) mass is 273 g/mol. The van der Waals surface area contributed by atoms with E-state index in [0.717, 1.165) is 18.5 Å². The minimum Gasteiger partial charge on any atom is -0.477 e. The van der Waals surface area contributed by atoms with Crippen LogP contribution in [0.3, 0.4) is 0 Å². The Morgan fingerprint density at radius 3 is 2.85 bits per heavy atom. The zero-order valence-corrected chi connectivity index (χ0v) is 11.1. The topological polar surface area (TPSA) is 84.1 Å². The minimum atomic E-state index is -1.04. The van der Waals surface area contributed by atoms with Crippen LogP contribution in [0.5, 0.6) is 0 Å². The summed E-state index contributed by atoms with van der Waals surface area (Å²) in [4.78, 5) is 21.4. The van der Waals surface area contributed by atoms with E-state index in [1.165, 1.54) is 12.3 Å². The Kier molecular flexibility index (Phi) is 3.09. The molecule has 0 amide bonds. The molecule has 0 spiro atoms. The molecule has 1 N–H and O–H groups in total. The fourth-order valence-corrected chi connectivity index (χ4v) is 2.09. The molecule has 1 aliphatic carbocycles. The maximum Gasteiger partial charge on any atom is 0.354 e. The number of carboxylic acid groups (broad SMARTS) is 1. The van der Waals surface area contributed by atoms with Gasteiger partial charge in [-0.15, -0.1) is 0 Å². The van der Waals surface area contributed by atoms with Gasteiger partial charge in [0.1, 0.15) is 0 Å². The van der Waals surface area contributed by atoms with Crippen molar-refractivity contribution in [3.8, 4) is 0 Å². The van der Waals surface area contributed by atoms with E-state index < -0.39 is 5.97 Å². The number of carbonyl (C=O) groups is 1. The summed E-state index contributed by atoms with van der Waals surface area (Å²) in [6.45, 7) is 0.629. The van der Waals surface area contributed by atoms with Gasteiger partial charge in [0.15, 0.2) is 5.69 Å². The van der Waals surface area contributed by atoms with Crippen molar-refractivity contribution in [3.63, 3.8) is 0 Å². The highest BCUT2D eigenvalue weighted by Gasteiger charge is 2.31. The molecule has 1 aliphatic rings. The standard InChI is InChI=1S/C13H15N5O2/c1-17-10(4-7-15-17)8-18(9-2-3-9)13-14-6-5-11(16-13)12(19)20/h4-7,9H,2-3,8H2,1H3,(H,19,20). The first-order chi connectivity index (χ1) is 9.65. The van der Waals surface area contributed by atoms with Crippen LogP contribution in [0, 0.1) is 0 Å². The van der Waals surface area contributed by atoms with E-state index >= 15 is 0 Å². The third-order valence-electron chi connectivity index (χ3n) is 3.36. The zero-order valence-electron chi connectivity index (χ0n) is 11.1. The number of aromatic nitrogens is 4. The molecule has 0 saturated heterocycles. The van der Waals surface area contributed by atoms with E-state index in [2.05, 4.69) is 15.1 Å². The molecule has 7 nitrogen and oxygen atoms in total. The Morgan fingerprint density at radius 2 is 2.25 bits per heavy atom. The summed E-state index contributed by atoms with van der Waals surface area (Å²) < 4.78 is 1.80. The zero-order chi connectivity index (χ0) is 14.1. The predicted octanol–water partition coefficient (Wildman–Crippen LogP) is 1.08. The molecule has 1 fully saturated rings. The number of nitrogens with zero attached hydrogens (tertiary/aromatic N) is 5. The molecule has 1 saturated carbocycles. The van der Waals surface area contributed by atoms with E-state index in [4.69, 9.17) is 5.11 Å². The molecule has 3 rings (SSSR count). The summed E-state index contributed by atoms with van der Waals surface area (Å²) in [5, 5.41) is 13.2. The fourth-order valence-electron chi connectivity index (χ4n) is 2.09. The summed E-state index contributed by atoms with van der Waals surface area (Å²) in [5.74, 6) is -0.571. The first kappa shape index (κ1) is 12.6. The van der Waals surface area contributed by atoms with Crippen LogP contribution in [0.1, 0.15) is 29.0 Å². The van der Waals surface area contributed by atoms with Gasteiger partial charge in [0.2, 0.25) is 5.95 Å². The van der Waals surface area contributed by atoms with Crippen molar-refractivity contribution in [1.29, 1.82) is 0 Å². The van der Waals surface area contributed by atoms with Crippen LogP contribution in [0.25, 0.3) is 0 Å². The third-order valence-corrected chi connectivity index (χ3v) is 3.36. The van der Waals surface area contributed by atoms with Gasteiger partial charge in [0, 0.05) is 25.5 Å². The van der Waals surface area contributed by atoms with Crippen molar-refractivity contribution in [2.75, 3.05) is 4.90 Å². The van der Waals surface area contributed by atoms with Crippen molar-refractivity contribution < 1.29 is 9.90 Å². The number of hydrogen-bond donors (Lipinski definition) is 1. The number of rotatable bonds is 5. The second kappa shape index (κ2) is 4.92. The summed E-state index contributed by atoms with van der Waals surface area (Å²) in [6, 6.07) is 3.73. The lowest BCUT2D eigenvalue weighted by molar-refractivity contribution is 0.0690. The molecule has 0 bridgehead atoms. The molecular formula is C13H15N5O2. The highest BCUT2D eigenvalue weighted by Crippen LogP contribution is 2.31. The first-order valence-electron chi connectivity index (χ1n) is 6.45. The normalized spacial score (nSPS) is 14.2. The molecule has 7 heteroatoms. The van der Waals surface area contributed by atoms with Gasteiger partial charge >= 0.3 is 5.97 Å². The molecule has 0 atom stereocenters. The van der Waals surface area contributed by atoms with Gasteiger partial charge in [-0.25, -0.2) is 14.8 Å². The van der Waals surface area contributed by atoms with Crippen LogP contribution in [0.4, 0.5) is 5.95 Å². The van der Waals surface area contributed by atoms with Gasteiger partial charge in [-0.05, 0) is 25.0 Å². The van der Waals surface area contributed by atoms with E-state index in [0.29, 0.717) is 18.5 Å². The second-order valence-electron chi connectivity index (χ2n) is 4.85. The molecule has 2 aromatic rings. The Bertz CT molecular complexity index is 635. The molecule has 0 radical (unpaired) electrons. The first-order valence-corrected chi connectivity index (χ1v) is 6.45. The van der Waals surface area contributed by atoms with Gasteiger partial charge in [0.05, 0.1) is 12.2 Å². The van der Waals surface area contributed by atoms with Crippen LogP contribution in [0.2, 0.25) is 0 Å². The third kappa shape index (κ3) is 2.47. The van der Waals surface area contributed by atoms with E-state index in [-0.39, 0.29) is 5.69 Å². The maximum absolute atomic E-state index is 11.0. The summed E-state index contributed by atoms with van der Waals surface area (Å²) in [6.07, 6.45) is 5.40. The lowest BCUT2D eigenvalue weighted by atomic mass is 10.3. The van der Waals surface area contributed by atoms with Crippen LogP contribution in [-0.2, 0) is 13.6 Å². The van der Waals surface area contributed by atoms with Crippen LogP contribution >= 0.6 is 0 Å². The van der Waals surface area contributed by atoms with Crippen molar-refractivity contribution in [2.45, 2.75) is 25.4 Å². The van der Waals surface area contributed by atoms with Crippen LogP contribution in [-0.4, -0.2) is 36.9 Å². The number of anilines is 1. The van der Waals surface area contributed by atoms with Crippen LogP contribution < -0.4 is 4.90 Å². The molecule has 2 aromatic heterocycles. The average molecular weight is 273 g/mol. The Hall–Kier alpha value is -2.44. The Balaban J connectivity index is 1.89. The summed E-state index contributed by atoms with van der Waals surface area (Å²) in [5.41, 5.74) is 1.06. The van der Waals surface area contributed by atoms with Gasteiger partial charge in [-0.1, -0.05) is 0 Å². The largest absolute Gasteiger partial charge is 0.477 e. The average Bonchev–Trinajstić information content (AvgIpc) is 3.20. The van der Waals surface area contributed by atoms with E-state index in [9.17, 15) is 4.79 Å². The minimum absolute atomic E-state index is 0.0191. The molecule has 20 heavy (non-hydrogen) atoms. The van der Waals surface area contributed by atoms with Gasteiger partial charge in [-0.2, -0.15) is 5.10 Å². The van der Waals surface area contributed by atoms with E-state index in [1.807, 2.05) is 18.0 Å². The lowest BCUT2D eigenvalue weighted by Crippen LogP contribution is -2.28. The van der Waals surface area contributed by atoms with Crippen molar-refractivity contribution in [1.82, 2.24) is 19.7 Å². The highest BCUT2D eigenvalue weighted by atomic mass is 16.4. The van der Waals surface area contributed by atoms with Gasteiger partial charge in [-0.3, -0.25) is 4.68 Å². The Labute approximate surface area is 115 Å². The second-order valence-corrected chi connectivity index (χ2v) is 4.85. The molecule has 0 aliphatic heterocycles. The summed E-state index contributed by atoms with van der Waals surface area (Å²) >= 11 is 0. The fraction of sp³-hybridized carbons (Fsp3) is 0.385. The molecule has 0 unspecified atom stereocenters. The quantitative estimate of drug-likeness (QED) is 0.877. The highest BCUT2D eigenvalue weighted by molar-refractivity contribution is 5.85. The Morgan fingerprint density at radius 1 is 1.45 bits per heavy atom. The molecule has 2 heterocycles. The van der Waals surface area contributed by atoms with E-state index in [1.54, 1.807) is 10.9 Å². The molecule has 0 aromatic carbocycles. The molecule has 104 valence electrons. The number of hydrogen-bond acceptors (Lipinski definition) is 5. The maximum atomic E-state index is 11.0. The number of carboxylic acids is 1. The molecular weight excluding hydrogens is 258 g/mol. The number of aromatic carboxylic acids is 1. The van der Waals surface area contributed by atoms with Crippen molar-refractivity contribution >= 4 is 11.9 Å². The van der Waals surface area contributed by atoms with Crippen molar-refractivity contribution in [3.05, 3.63) is 35.9 Å². The summed E-state index contributed by atoms with van der Waals surface area (Å²) in [7, 11) is 1.88. The SMILES string of the molecule is Cn1nccc1CN(c1nccc(C(=O)O)n1)C1CC1.